The van der Waals surface area contributed by atoms with Gasteiger partial charge in [0.2, 0.25) is 0 Å². The summed E-state index contributed by atoms with van der Waals surface area (Å²) in [6.07, 6.45) is 0. The van der Waals surface area contributed by atoms with E-state index in [0.29, 0.717) is 5.69 Å². The first kappa shape index (κ1) is 20.1. The Hall–Kier alpha value is -3.62. The average molecular weight is 399 g/mol. The van der Waals surface area contributed by atoms with Crippen molar-refractivity contribution in [3.63, 3.8) is 0 Å². The fourth-order valence-corrected chi connectivity index (χ4v) is 3.15. The normalized spacial score (nSPS) is 14.6. The Kier molecular flexibility index (Phi) is 5.40. The highest BCUT2D eigenvalue weighted by Gasteiger charge is 2.38. The minimum atomic E-state index is -0.797. The van der Waals surface area contributed by atoms with Gasteiger partial charge in [-0.25, -0.2) is 4.79 Å². The maximum absolute atomic E-state index is 12.8. The number of methoxy groups -OCH3 is 1. The van der Waals surface area contributed by atoms with Crippen LogP contribution in [0.5, 0.6) is 5.75 Å². The molecule has 1 amide bonds. The van der Waals surface area contributed by atoms with Gasteiger partial charge in [-0.2, -0.15) is 0 Å². The quantitative estimate of drug-likeness (QED) is 0.451. The van der Waals surface area contributed by atoms with Gasteiger partial charge in [-0.15, -0.1) is 0 Å². The molecule has 0 spiro atoms. The predicted octanol–water partition coefficient (Wildman–Crippen LogP) is 3.00. The second-order valence-electron chi connectivity index (χ2n) is 7.00. The predicted molar refractivity (Wildman–Crippen MR) is 106 cm³/mol. The smallest absolute Gasteiger partial charge is 0.338 e. The second-order valence-corrected chi connectivity index (χ2v) is 7.00. The maximum atomic E-state index is 12.8. The average Bonchev–Trinajstić information content (AvgIpc) is 2.69. The third-order valence-corrected chi connectivity index (χ3v) is 4.58. The van der Waals surface area contributed by atoms with Crippen LogP contribution < -0.4 is 15.0 Å². The zero-order valence-electron chi connectivity index (χ0n) is 16.3. The fraction of sp³-hybridized carbons (Fsp3) is 0.300. The van der Waals surface area contributed by atoms with Crippen LogP contribution in [0.3, 0.4) is 0 Å². The minimum Gasteiger partial charge on any atom is -0.490 e. The summed E-state index contributed by atoms with van der Waals surface area (Å²) in [5.74, 6) is -0.810. The number of para-hydroxylation sites is 2. The molecule has 1 heterocycles. The number of hydrogen-bond acceptors (Lipinski definition) is 7. The van der Waals surface area contributed by atoms with Gasteiger partial charge in [0.05, 0.1) is 35.5 Å². The number of ether oxygens (including phenoxy) is 2. The van der Waals surface area contributed by atoms with E-state index in [2.05, 4.69) is 5.32 Å². The number of benzene rings is 2. The first-order valence-corrected chi connectivity index (χ1v) is 8.93. The van der Waals surface area contributed by atoms with Crippen molar-refractivity contribution in [2.24, 2.45) is 0 Å². The Labute approximate surface area is 167 Å². The Balaban J connectivity index is 1.71. The standard InChI is InChI=1S/C20H21N3O6/c1-20(2)19(25)22(15-7-5-4-6-14(15)21-20)10-11-29-18(24)13-8-9-17(28-3)16(12-13)23(26)27/h4-9,12,21H,10-11H2,1-3H3. The maximum Gasteiger partial charge on any atom is 0.338 e. The molecule has 0 atom stereocenters. The van der Waals surface area contributed by atoms with Gasteiger partial charge in [0.1, 0.15) is 12.1 Å². The molecule has 0 aromatic heterocycles. The molecule has 1 aliphatic heterocycles. The molecular formula is C20H21N3O6. The van der Waals surface area contributed by atoms with E-state index in [4.69, 9.17) is 9.47 Å². The number of rotatable bonds is 6. The van der Waals surface area contributed by atoms with Gasteiger partial charge >= 0.3 is 11.7 Å². The molecule has 1 N–H and O–H groups in total. The number of carbonyl (C=O) groups excluding carboxylic acids is 2. The highest BCUT2D eigenvalue weighted by atomic mass is 16.6. The van der Waals surface area contributed by atoms with Gasteiger partial charge < -0.3 is 19.7 Å². The van der Waals surface area contributed by atoms with Crippen molar-refractivity contribution >= 4 is 28.9 Å². The molecule has 152 valence electrons. The van der Waals surface area contributed by atoms with Crippen molar-refractivity contribution in [2.75, 3.05) is 30.5 Å². The van der Waals surface area contributed by atoms with E-state index in [1.54, 1.807) is 18.7 Å². The topological polar surface area (TPSA) is 111 Å². The summed E-state index contributed by atoms with van der Waals surface area (Å²) < 4.78 is 10.2. The lowest BCUT2D eigenvalue weighted by molar-refractivity contribution is -0.385. The molecule has 0 saturated carbocycles. The van der Waals surface area contributed by atoms with Crippen molar-refractivity contribution in [1.29, 1.82) is 0 Å². The van der Waals surface area contributed by atoms with Crippen LogP contribution in [0.2, 0.25) is 0 Å². The summed E-state index contributed by atoms with van der Waals surface area (Å²) in [5, 5.41) is 14.3. The SMILES string of the molecule is COc1ccc(C(=O)OCCN2C(=O)C(C)(C)Nc3ccccc32)cc1[N+](=O)[O-]. The molecule has 2 aromatic carbocycles. The number of nitro groups is 1. The van der Waals surface area contributed by atoms with E-state index in [9.17, 15) is 19.7 Å². The zero-order valence-corrected chi connectivity index (χ0v) is 16.3. The van der Waals surface area contributed by atoms with Gasteiger partial charge in [0, 0.05) is 6.07 Å². The Morgan fingerprint density at radius 2 is 1.97 bits per heavy atom. The van der Waals surface area contributed by atoms with Crippen LogP contribution in [-0.4, -0.2) is 42.6 Å². The number of nitrogens with one attached hydrogen (secondary N) is 1. The van der Waals surface area contributed by atoms with Crippen molar-refractivity contribution in [3.8, 4) is 5.75 Å². The number of nitrogens with zero attached hydrogens (tertiary/aromatic N) is 2. The molecule has 0 unspecified atom stereocenters. The number of hydrogen-bond donors (Lipinski definition) is 1. The summed E-state index contributed by atoms with van der Waals surface area (Å²) in [4.78, 5) is 37.1. The molecule has 9 heteroatoms. The highest BCUT2D eigenvalue weighted by Crippen LogP contribution is 2.34. The molecule has 3 rings (SSSR count). The number of carbonyl (C=O) groups is 2. The Morgan fingerprint density at radius 1 is 1.24 bits per heavy atom. The van der Waals surface area contributed by atoms with Crippen molar-refractivity contribution < 1.29 is 24.0 Å². The molecule has 0 bridgehead atoms. The summed E-state index contributed by atoms with van der Waals surface area (Å²) in [5.41, 5.74) is 0.427. The first-order chi connectivity index (χ1) is 13.7. The van der Waals surface area contributed by atoms with Gasteiger partial charge in [-0.1, -0.05) is 12.1 Å². The number of esters is 1. The van der Waals surface area contributed by atoms with Crippen LogP contribution in [0.25, 0.3) is 0 Å². The van der Waals surface area contributed by atoms with E-state index >= 15 is 0 Å². The molecule has 0 fully saturated rings. The van der Waals surface area contributed by atoms with Crippen LogP contribution in [-0.2, 0) is 9.53 Å². The zero-order chi connectivity index (χ0) is 21.2. The van der Waals surface area contributed by atoms with Gasteiger partial charge in [0.25, 0.3) is 5.91 Å². The van der Waals surface area contributed by atoms with Gasteiger partial charge in [-0.3, -0.25) is 14.9 Å². The molecular weight excluding hydrogens is 378 g/mol. The molecule has 2 aromatic rings. The van der Waals surface area contributed by atoms with Crippen LogP contribution in [0.4, 0.5) is 17.1 Å². The van der Waals surface area contributed by atoms with Crippen LogP contribution in [0.15, 0.2) is 42.5 Å². The summed E-state index contributed by atoms with van der Waals surface area (Å²) in [7, 11) is 1.31. The largest absolute Gasteiger partial charge is 0.490 e. The van der Waals surface area contributed by atoms with Crippen LogP contribution in [0.1, 0.15) is 24.2 Å². The number of fused-ring (bicyclic) bond motifs is 1. The third-order valence-electron chi connectivity index (χ3n) is 4.58. The van der Waals surface area contributed by atoms with Crippen molar-refractivity contribution in [2.45, 2.75) is 19.4 Å². The fourth-order valence-electron chi connectivity index (χ4n) is 3.15. The van der Waals surface area contributed by atoms with E-state index in [1.807, 2.05) is 24.3 Å². The second kappa shape index (κ2) is 7.78. The van der Waals surface area contributed by atoms with Gasteiger partial charge in [-0.05, 0) is 38.1 Å². The van der Waals surface area contributed by atoms with E-state index in [1.165, 1.54) is 19.2 Å². The highest BCUT2D eigenvalue weighted by molar-refractivity contribution is 6.07. The molecule has 9 nitrogen and oxygen atoms in total. The van der Waals surface area contributed by atoms with Crippen LogP contribution in [0, 0.1) is 10.1 Å². The lowest BCUT2D eigenvalue weighted by Crippen LogP contribution is -2.54. The Bertz CT molecular complexity index is 972. The first-order valence-electron chi connectivity index (χ1n) is 8.93. The van der Waals surface area contributed by atoms with Gasteiger partial charge in [0.15, 0.2) is 5.75 Å². The summed E-state index contributed by atoms with van der Waals surface area (Å²) in [6.45, 7) is 3.65. The van der Waals surface area contributed by atoms with E-state index in [0.717, 1.165) is 11.8 Å². The van der Waals surface area contributed by atoms with Crippen molar-refractivity contribution in [1.82, 2.24) is 0 Å². The number of nitro benzene ring substituents is 1. The molecule has 0 saturated heterocycles. The lowest BCUT2D eigenvalue weighted by Gasteiger charge is -2.39. The molecule has 0 radical (unpaired) electrons. The monoisotopic (exact) mass is 399 g/mol. The lowest BCUT2D eigenvalue weighted by atomic mass is 9.98. The van der Waals surface area contributed by atoms with Crippen molar-refractivity contribution in [3.05, 3.63) is 58.1 Å². The minimum absolute atomic E-state index is 0.0323. The Morgan fingerprint density at radius 3 is 2.66 bits per heavy atom. The molecule has 0 aliphatic carbocycles. The number of amides is 1. The summed E-state index contributed by atoms with van der Waals surface area (Å²) >= 11 is 0. The third kappa shape index (κ3) is 3.98. The van der Waals surface area contributed by atoms with E-state index in [-0.39, 0.29) is 36.1 Å². The van der Waals surface area contributed by atoms with Crippen LogP contribution >= 0.6 is 0 Å². The van der Waals surface area contributed by atoms with E-state index < -0.39 is 16.4 Å². The molecule has 29 heavy (non-hydrogen) atoms. The summed E-state index contributed by atoms with van der Waals surface area (Å²) in [6, 6.07) is 11.2. The number of anilines is 2. The molecule has 1 aliphatic rings.